The van der Waals surface area contributed by atoms with Gasteiger partial charge in [-0.1, -0.05) is 0 Å². The van der Waals surface area contributed by atoms with Crippen molar-refractivity contribution in [3.8, 4) is 0 Å². The highest BCUT2D eigenvalue weighted by molar-refractivity contribution is 5.96. The van der Waals surface area contributed by atoms with Crippen LogP contribution >= 0.6 is 0 Å². The molecule has 0 aromatic carbocycles. The molecule has 3 aliphatic heterocycles. The van der Waals surface area contributed by atoms with Gasteiger partial charge in [-0.2, -0.15) is 0 Å². The average molecular weight is 398 g/mol. The number of nitrogens with zero attached hydrogens (tertiary/aromatic N) is 2. The van der Waals surface area contributed by atoms with E-state index >= 15 is 0 Å². The van der Waals surface area contributed by atoms with Crippen LogP contribution in [0.1, 0.15) is 12.8 Å². The zero-order valence-corrected chi connectivity index (χ0v) is 14.4. The number of amides is 2. The molecule has 3 rings (SSSR count). The molecule has 0 bridgehead atoms. The smallest absolute Gasteiger partial charge is 0.334 e. The van der Waals surface area contributed by atoms with Crippen LogP contribution in [0.15, 0.2) is 23.7 Å². The Hall–Kier alpha value is -3.12. The van der Waals surface area contributed by atoms with Crippen LogP contribution in [-0.4, -0.2) is 91.7 Å². The van der Waals surface area contributed by atoms with Gasteiger partial charge in [-0.05, 0) is 12.2 Å². The van der Waals surface area contributed by atoms with Crippen LogP contribution in [0, 0.1) is 0 Å². The van der Waals surface area contributed by atoms with Crippen molar-refractivity contribution < 1.29 is 49.1 Å². The van der Waals surface area contributed by atoms with Crippen LogP contribution in [0.2, 0.25) is 0 Å². The molecule has 3 saturated heterocycles. The summed E-state index contributed by atoms with van der Waals surface area (Å²) in [5.41, 5.74) is 0. The molecule has 0 aromatic rings. The predicted molar refractivity (Wildman–Crippen MR) is 85.9 cm³/mol. The maximum atomic E-state index is 13.2. The first kappa shape index (κ1) is 19.6. The average Bonchev–Trinajstić information content (AvgIpc) is 3.09. The van der Waals surface area contributed by atoms with Gasteiger partial charge in [0.2, 0.25) is 5.91 Å². The predicted octanol–water partition coefficient (Wildman–Crippen LogP) is -2.19. The van der Waals surface area contributed by atoms with Crippen LogP contribution in [0.3, 0.4) is 0 Å². The van der Waals surface area contributed by atoms with E-state index in [2.05, 4.69) is 0 Å². The van der Waals surface area contributed by atoms with E-state index in [1.54, 1.807) is 0 Å². The van der Waals surface area contributed by atoms with Gasteiger partial charge in [0.25, 0.3) is 5.91 Å². The van der Waals surface area contributed by atoms with Crippen molar-refractivity contribution in [2.75, 3.05) is 13.2 Å². The normalized spacial score (nSPS) is 31.4. The van der Waals surface area contributed by atoms with Crippen LogP contribution in [-0.2, 0) is 28.7 Å². The number of carbonyl (C=O) groups is 4. The lowest BCUT2D eigenvalue weighted by molar-refractivity contribution is -0.165. The lowest BCUT2D eigenvalue weighted by Crippen LogP contribution is -2.59. The minimum absolute atomic E-state index is 0.0267. The van der Waals surface area contributed by atoms with Gasteiger partial charge in [-0.3, -0.25) is 24.2 Å². The fourth-order valence-electron chi connectivity index (χ4n) is 3.43. The Morgan fingerprint density at radius 2 is 1.64 bits per heavy atom. The number of hydrogen-bond acceptors (Lipinski definition) is 8. The highest BCUT2D eigenvalue weighted by Gasteiger charge is 2.58. The number of rotatable bonds is 6. The standard InChI is InChI=1S/C16H18N2O10/c19-3-1-7-13(17-9(21)5-10(17)27-7)15(24)18-11(6-12(22)23)28-8(2-4-20)14(18)16(25)26/h1-2,10-11,13-14,19-20H,3-6H2,(H,22,23)(H,25,26)/b7-1-,8-2?/t10-,11-,13-,14-/m1/s1. The van der Waals surface area contributed by atoms with Gasteiger partial charge in [0.15, 0.2) is 24.5 Å². The van der Waals surface area contributed by atoms with E-state index in [0.29, 0.717) is 4.90 Å². The maximum Gasteiger partial charge on any atom is 0.334 e. The highest BCUT2D eigenvalue weighted by atomic mass is 16.5. The van der Waals surface area contributed by atoms with Gasteiger partial charge in [0.05, 0.1) is 19.6 Å². The first-order chi connectivity index (χ1) is 13.3. The SMILES string of the molecule is O=C(O)C[C@H]1OC(=CCO)[C@H](C(=O)O)N1C(=O)[C@H]1/C(=C/CO)O[C@@H]2CC(=O)N21. The van der Waals surface area contributed by atoms with Gasteiger partial charge in [0, 0.05) is 0 Å². The fourth-order valence-corrected chi connectivity index (χ4v) is 3.43. The number of carboxylic acids is 2. The zero-order chi connectivity index (χ0) is 20.6. The number of carboxylic acid groups (broad SMARTS) is 2. The van der Waals surface area contributed by atoms with E-state index in [4.69, 9.17) is 24.8 Å². The molecule has 4 N–H and O–H groups in total. The molecule has 0 radical (unpaired) electrons. The second-order valence-corrected chi connectivity index (χ2v) is 6.21. The molecule has 2 amide bonds. The quantitative estimate of drug-likeness (QED) is 0.360. The lowest BCUT2D eigenvalue weighted by Gasteiger charge is -2.36. The summed E-state index contributed by atoms with van der Waals surface area (Å²) in [6.07, 6.45) is -0.667. The third kappa shape index (κ3) is 3.16. The number of β-lactam (4-membered cyclic amide) rings is 1. The molecule has 3 fully saturated rings. The molecule has 12 nitrogen and oxygen atoms in total. The molecule has 28 heavy (non-hydrogen) atoms. The Kier molecular flexibility index (Phi) is 5.25. The van der Waals surface area contributed by atoms with Crippen molar-refractivity contribution in [3.63, 3.8) is 0 Å². The molecule has 0 aliphatic carbocycles. The van der Waals surface area contributed by atoms with Crippen molar-refractivity contribution in [2.24, 2.45) is 0 Å². The summed E-state index contributed by atoms with van der Waals surface area (Å²) in [4.78, 5) is 49.9. The molecule has 12 heteroatoms. The third-order valence-electron chi connectivity index (χ3n) is 4.55. The topological polar surface area (TPSA) is 174 Å². The van der Waals surface area contributed by atoms with E-state index in [1.807, 2.05) is 0 Å². The number of aliphatic hydroxyl groups is 2. The monoisotopic (exact) mass is 398 g/mol. The Morgan fingerprint density at radius 1 is 1.04 bits per heavy atom. The largest absolute Gasteiger partial charge is 0.481 e. The number of aliphatic hydroxyl groups excluding tert-OH is 2. The molecule has 4 atom stereocenters. The summed E-state index contributed by atoms with van der Waals surface area (Å²) in [5.74, 6) is -4.48. The van der Waals surface area contributed by atoms with Crippen LogP contribution < -0.4 is 0 Å². The molecule has 152 valence electrons. The number of carbonyl (C=O) groups excluding carboxylic acids is 2. The summed E-state index contributed by atoms with van der Waals surface area (Å²) in [6.45, 7) is -1.07. The summed E-state index contributed by atoms with van der Waals surface area (Å²) in [7, 11) is 0. The minimum Gasteiger partial charge on any atom is -0.481 e. The third-order valence-corrected chi connectivity index (χ3v) is 4.55. The molecule has 0 aromatic heterocycles. The molecular formula is C16H18N2O10. The van der Waals surface area contributed by atoms with Crippen molar-refractivity contribution in [2.45, 2.75) is 37.4 Å². The Bertz CT molecular complexity index is 775. The van der Waals surface area contributed by atoms with Crippen molar-refractivity contribution in [1.82, 2.24) is 9.80 Å². The number of fused-ring (bicyclic) bond motifs is 1. The van der Waals surface area contributed by atoms with E-state index < -0.39 is 67.9 Å². The second kappa shape index (κ2) is 7.48. The van der Waals surface area contributed by atoms with Gasteiger partial charge in [-0.25, -0.2) is 4.79 Å². The van der Waals surface area contributed by atoms with Crippen LogP contribution in [0.4, 0.5) is 0 Å². The molecule has 0 saturated carbocycles. The number of ether oxygens (including phenoxy) is 2. The Balaban J connectivity index is 2.00. The van der Waals surface area contributed by atoms with E-state index in [0.717, 1.165) is 11.0 Å². The molecule has 3 aliphatic rings. The molecule has 0 spiro atoms. The zero-order valence-electron chi connectivity index (χ0n) is 14.4. The number of aliphatic carboxylic acids is 2. The van der Waals surface area contributed by atoms with E-state index in [1.165, 1.54) is 6.08 Å². The first-order valence-electron chi connectivity index (χ1n) is 8.33. The second-order valence-electron chi connectivity index (χ2n) is 6.21. The lowest BCUT2D eigenvalue weighted by atomic mass is 10.1. The molecule has 0 unspecified atom stereocenters. The Labute approximate surface area is 157 Å². The van der Waals surface area contributed by atoms with E-state index in [-0.39, 0.29) is 17.9 Å². The van der Waals surface area contributed by atoms with Crippen molar-refractivity contribution >= 4 is 23.8 Å². The fraction of sp³-hybridized carbons (Fsp3) is 0.500. The highest BCUT2D eigenvalue weighted by Crippen LogP contribution is 2.39. The summed E-state index contributed by atoms with van der Waals surface area (Å²) in [6, 6.07) is -3.02. The van der Waals surface area contributed by atoms with Gasteiger partial charge in [0.1, 0.15) is 17.9 Å². The summed E-state index contributed by atoms with van der Waals surface area (Å²) < 4.78 is 10.8. The van der Waals surface area contributed by atoms with Crippen molar-refractivity contribution in [1.29, 1.82) is 0 Å². The maximum absolute atomic E-state index is 13.2. The minimum atomic E-state index is -1.69. The van der Waals surface area contributed by atoms with Crippen LogP contribution in [0.5, 0.6) is 0 Å². The summed E-state index contributed by atoms with van der Waals surface area (Å²) >= 11 is 0. The summed E-state index contributed by atoms with van der Waals surface area (Å²) in [5, 5.41) is 36.9. The van der Waals surface area contributed by atoms with Gasteiger partial charge < -0.3 is 29.9 Å². The van der Waals surface area contributed by atoms with E-state index in [9.17, 15) is 24.3 Å². The van der Waals surface area contributed by atoms with Gasteiger partial charge >= 0.3 is 11.9 Å². The van der Waals surface area contributed by atoms with Crippen LogP contribution in [0.25, 0.3) is 0 Å². The molecular weight excluding hydrogens is 380 g/mol. The van der Waals surface area contributed by atoms with Gasteiger partial charge in [-0.15, -0.1) is 0 Å². The van der Waals surface area contributed by atoms with Crippen molar-refractivity contribution in [3.05, 3.63) is 23.7 Å². The molecule has 3 heterocycles. The number of hydrogen-bond donors (Lipinski definition) is 4. The Morgan fingerprint density at radius 3 is 2.14 bits per heavy atom. The first-order valence-corrected chi connectivity index (χ1v) is 8.33.